The Morgan fingerprint density at radius 3 is 2.56 bits per heavy atom. The summed E-state index contributed by atoms with van der Waals surface area (Å²) in [7, 11) is 0. The summed E-state index contributed by atoms with van der Waals surface area (Å²) < 4.78 is 2.35. The fourth-order valence-electron chi connectivity index (χ4n) is 2.23. The van der Waals surface area contributed by atoms with Gasteiger partial charge in [0, 0.05) is 16.5 Å². The molecule has 0 spiro atoms. The molecule has 2 nitrogen and oxygen atoms in total. The zero-order chi connectivity index (χ0) is 13.5. The lowest BCUT2D eigenvalue weighted by Crippen LogP contribution is -2.20. The van der Waals surface area contributed by atoms with Crippen LogP contribution in [-0.2, 0) is 5.41 Å². The van der Waals surface area contributed by atoms with Gasteiger partial charge in [0.1, 0.15) is 5.82 Å². The van der Waals surface area contributed by atoms with Crippen LogP contribution in [0.15, 0.2) is 18.2 Å². The highest BCUT2D eigenvalue weighted by molar-refractivity contribution is 6.31. The fourth-order valence-corrected chi connectivity index (χ4v) is 2.40. The number of nitrogens with zero attached hydrogens (tertiary/aromatic N) is 2. The van der Waals surface area contributed by atoms with Gasteiger partial charge in [-0.25, -0.2) is 4.98 Å². The van der Waals surface area contributed by atoms with Crippen LogP contribution in [-0.4, -0.2) is 9.55 Å². The molecule has 1 aromatic carbocycles. The van der Waals surface area contributed by atoms with E-state index in [1.54, 1.807) is 0 Å². The summed E-state index contributed by atoms with van der Waals surface area (Å²) in [4.78, 5) is 4.79. The van der Waals surface area contributed by atoms with E-state index in [4.69, 9.17) is 16.6 Å². The molecule has 0 saturated carbocycles. The van der Waals surface area contributed by atoms with Crippen molar-refractivity contribution in [2.24, 2.45) is 0 Å². The molecule has 18 heavy (non-hydrogen) atoms. The van der Waals surface area contributed by atoms with Crippen LogP contribution in [0.3, 0.4) is 0 Å². The Balaban J connectivity index is 2.76. The van der Waals surface area contributed by atoms with Crippen LogP contribution < -0.4 is 0 Å². The highest BCUT2D eigenvalue weighted by Crippen LogP contribution is 2.31. The Labute approximate surface area is 114 Å². The van der Waals surface area contributed by atoms with Crippen LogP contribution in [0.4, 0.5) is 0 Å². The summed E-state index contributed by atoms with van der Waals surface area (Å²) in [5, 5.41) is 0.747. The maximum Gasteiger partial charge on any atom is 0.115 e. The SMILES string of the molecule is CCC(C)n1c(C(C)(C)C)nc2cc(Cl)ccc21. The molecule has 1 heterocycles. The molecule has 0 amide bonds. The zero-order valence-electron chi connectivity index (χ0n) is 11.8. The lowest BCUT2D eigenvalue weighted by atomic mass is 9.95. The third-order valence-corrected chi connectivity index (χ3v) is 3.59. The molecular weight excluding hydrogens is 244 g/mol. The van der Waals surface area contributed by atoms with Crippen molar-refractivity contribution in [2.45, 2.75) is 52.5 Å². The highest BCUT2D eigenvalue weighted by Gasteiger charge is 2.24. The normalized spacial score (nSPS) is 14.1. The average Bonchev–Trinajstić information content (AvgIpc) is 2.66. The van der Waals surface area contributed by atoms with Crippen molar-refractivity contribution in [1.29, 1.82) is 0 Å². The molecule has 0 bridgehead atoms. The molecule has 1 unspecified atom stereocenters. The second kappa shape index (κ2) is 4.58. The first-order chi connectivity index (χ1) is 8.34. The van der Waals surface area contributed by atoms with E-state index in [2.05, 4.69) is 45.3 Å². The lowest BCUT2D eigenvalue weighted by molar-refractivity contribution is 0.452. The molecule has 2 rings (SSSR count). The molecule has 1 aromatic heterocycles. The summed E-state index contributed by atoms with van der Waals surface area (Å²) in [6.45, 7) is 11.1. The molecule has 0 aliphatic rings. The number of imidazole rings is 1. The van der Waals surface area contributed by atoms with Gasteiger partial charge in [-0.15, -0.1) is 0 Å². The van der Waals surface area contributed by atoms with E-state index in [1.807, 2.05) is 12.1 Å². The number of benzene rings is 1. The Kier molecular flexibility index (Phi) is 3.41. The predicted octanol–water partition coefficient (Wildman–Crippen LogP) is 4.96. The number of rotatable bonds is 2. The lowest BCUT2D eigenvalue weighted by Gasteiger charge is -2.23. The van der Waals surface area contributed by atoms with Crippen LogP contribution >= 0.6 is 11.6 Å². The molecule has 0 aliphatic heterocycles. The first-order valence-electron chi connectivity index (χ1n) is 6.52. The van der Waals surface area contributed by atoms with Crippen molar-refractivity contribution in [3.63, 3.8) is 0 Å². The van der Waals surface area contributed by atoms with Gasteiger partial charge in [0.2, 0.25) is 0 Å². The molecule has 3 heteroatoms. The maximum absolute atomic E-state index is 6.06. The van der Waals surface area contributed by atoms with Gasteiger partial charge in [0.25, 0.3) is 0 Å². The van der Waals surface area contributed by atoms with E-state index < -0.39 is 0 Å². The molecule has 2 aromatic rings. The highest BCUT2D eigenvalue weighted by atomic mass is 35.5. The smallest absolute Gasteiger partial charge is 0.115 e. The van der Waals surface area contributed by atoms with Gasteiger partial charge in [0.15, 0.2) is 0 Å². The molecule has 0 radical (unpaired) electrons. The molecular formula is C15H21ClN2. The first kappa shape index (κ1) is 13.4. The fraction of sp³-hybridized carbons (Fsp3) is 0.533. The summed E-state index contributed by atoms with van der Waals surface area (Å²) in [6.07, 6.45) is 1.09. The molecule has 0 N–H and O–H groups in total. The largest absolute Gasteiger partial charge is 0.325 e. The van der Waals surface area contributed by atoms with E-state index in [0.717, 1.165) is 22.8 Å². The summed E-state index contributed by atoms with van der Waals surface area (Å²) in [5.41, 5.74) is 2.21. The zero-order valence-corrected chi connectivity index (χ0v) is 12.5. The van der Waals surface area contributed by atoms with Crippen LogP contribution in [0, 0.1) is 0 Å². The van der Waals surface area contributed by atoms with Crippen molar-refractivity contribution < 1.29 is 0 Å². The number of halogens is 1. The first-order valence-corrected chi connectivity index (χ1v) is 6.90. The van der Waals surface area contributed by atoms with Gasteiger partial charge in [-0.2, -0.15) is 0 Å². The van der Waals surface area contributed by atoms with Crippen molar-refractivity contribution >= 4 is 22.6 Å². The maximum atomic E-state index is 6.06. The Hall–Kier alpha value is -1.02. The number of aromatic nitrogens is 2. The van der Waals surface area contributed by atoms with E-state index in [0.29, 0.717) is 6.04 Å². The van der Waals surface area contributed by atoms with Crippen molar-refractivity contribution in [3.05, 3.63) is 29.0 Å². The number of fused-ring (bicyclic) bond motifs is 1. The summed E-state index contributed by atoms with van der Waals surface area (Å²) in [6, 6.07) is 6.42. The molecule has 0 saturated heterocycles. The monoisotopic (exact) mass is 264 g/mol. The number of hydrogen-bond donors (Lipinski definition) is 0. The van der Waals surface area contributed by atoms with E-state index in [9.17, 15) is 0 Å². The van der Waals surface area contributed by atoms with Gasteiger partial charge in [-0.05, 0) is 31.5 Å². The standard InChI is InChI=1S/C15H21ClN2/c1-6-10(2)18-13-8-7-11(16)9-12(13)17-14(18)15(3,4)5/h7-10H,6H2,1-5H3. The van der Waals surface area contributed by atoms with Crippen LogP contribution in [0.1, 0.15) is 52.9 Å². The van der Waals surface area contributed by atoms with Crippen molar-refractivity contribution in [2.75, 3.05) is 0 Å². The van der Waals surface area contributed by atoms with E-state index in [-0.39, 0.29) is 5.41 Å². The third kappa shape index (κ3) is 2.26. The van der Waals surface area contributed by atoms with Crippen LogP contribution in [0.5, 0.6) is 0 Å². The summed E-state index contributed by atoms with van der Waals surface area (Å²) in [5.74, 6) is 1.13. The van der Waals surface area contributed by atoms with E-state index in [1.165, 1.54) is 5.52 Å². The average molecular weight is 265 g/mol. The molecule has 98 valence electrons. The molecule has 0 aliphatic carbocycles. The predicted molar refractivity (Wildman–Crippen MR) is 78.4 cm³/mol. The van der Waals surface area contributed by atoms with Gasteiger partial charge < -0.3 is 4.57 Å². The van der Waals surface area contributed by atoms with Gasteiger partial charge in [-0.3, -0.25) is 0 Å². The Morgan fingerprint density at radius 1 is 1.33 bits per heavy atom. The third-order valence-electron chi connectivity index (χ3n) is 3.35. The van der Waals surface area contributed by atoms with Gasteiger partial charge in [0.05, 0.1) is 11.0 Å². The van der Waals surface area contributed by atoms with Crippen LogP contribution in [0.25, 0.3) is 11.0 Å². The summed E-state index contributed by atoms with van der Waals surface area (Å²) >= 11 is 6.06. The van der Waals surface area contributed by atoms with Gasteiger partial charge in [-0.1, -0.05) is 39.3 Å². The molecule has 0 fully saturated rings. The molecule has 1 atom stereocenters. The van der Waals surface area contributed by atoms with Crippen molar-refractivity contribution in [1.82, 2.24) is 9.55 Å². The Morgan fingerprint density at radius 2 is 2.00 bits per heavy atom. The van der Waals surface area contributed by atoms with Crippen molar-refractivity contribution in [3.8, 4) is 0 Å². The number of hydrogen-bond acceptors (Lipinski definition) is 1. The quantitative estimate of drug-likeness (QED) is 0.750. The topological polar surface area (TPSA) is 17.8 Å². The van der Waals surface area contributed by atoms with Gasteiger partial charge >= 0.3 is 0 Å². The second-order valence-corrected chi connectivity index (χ2v) is 6.38. The second-order valence-electron chi connectivity index (χ2n) is 5.95. The van der Waals surface area contributed by atoms with E-state index >= 15 is 0 Å². The van der Waals surface area contributed by atoms with Crippen LogP contribution in [0.2, 0.25) is 5.02 Å². The minimum Gasteiger partial charge on any atom is -0.325 e. The minimum absolute atomic E-state index is 0.0366. The Bertz CT molecular complexity index is 564. The minimum atomic E-state index is 0.0366.